The summed E-state index contributed by atoms with van der Waals surface area (Å²) in [6.45, 7) is 10.3. The van der Waals surface area contributed by atoms with E-state index >= 15 is 0 Å². The molecule has 22 N–H and O–H groups in total. The van der Waals surface area contributed by atoms with E-state index in [0.29, 0.717) is 82.6 Å². The fourth-order valence-corrected chi connectivity index (χ4v) is 11.3. The normalized spacial score (nSPS) is 26.8. The van der Waals surface area contributed by atoms with Gasteiger partial charge < -0.3 is 122 Å². The number of ether oxygens (including phenoxy) is 2. The first-order chi connectivity index (χ1) is 44.5. The van der Waals surface area contributed by atoms with Crippen molar-refractivity contribution in [2.45, 2.75) is 314 Å². The van der Waals surface area contributed by atoms with Crippen molar-refractivity contribution in [1.29, 1.82) is 0 Å². The van der Waals surface area contributed by atoms with E-state index in [1.807, 2.05) is 42.5 Å². The molecule has 25 unspecified atom stereocenters. The third-order valence-corrected chi connectivity index (χ3v) is 17.5. The van der Waals surface area contributed by atoms with Gasteiger partial charge in [0.1, 0.15) is 61.0 Å². The Hall–Kier alpha value is -3.46. The van der Waals surface area contributed by atoms with Crippen LogP contribution in [-0.2, 0) is 9.47 Å². The molecule has 0 bridgehead atoms. The van der Waals surface area contributed by atoms with E-state index in [0.717, 1.165) is 12.8 Å². The Labute approximate surface area is 555 Å². The third-order valence-electron chi connectivity index (χ3n) is 17.5. The minimum atomic E-state index is -1.84. The largest absolute Gasteiger partial charge is 0.513 e. The maximum atomic E-state index is 11.2. The summed E-state index contributed by atoms with van der Waals surface area (Å²) in [6.07, 6.45) is -4.27. The fourth-order valence-electron chi connectivity index (χ4n) is 11.3. The Morgan fingerprint density at radius 2 is 1.07 bits per heavy atom. The maximum absolute atomic E-state index is 11.2. The lowest BCUT2D eigenvalue weighted by Crippen LogP contribution is -2.59. The summed E-state index contributed by atoms with van der Waals surface area (Å²) in [4.78, 5) is 0. The molecule has 0 aliphatic carbocycles. The van der Waals surface area contributed by atoms with Crippen molar-refractivity contribution in [2.24, 2.45) is 5.92 Å². The molecule has 2 fully saturated rings. The first-order valence-electron chi connectivity index (χ1n) is 33.7. The predicted octanol–water partition coefficient (Wildman–Crippen LogP) is 1.64. The highest BCUT2D eigenvalue weighted by Crippen LogP contribution is 2.32. The molecule has 2 saturated heterocycles. The van der Waals surface area contributed by atoms with Crippen molar-refractivity contribution in [1.82, 2.24) is 0 Å². The SMILES string of the molecule is C=CCC/C=C/C=C/C=C/CC/C=C/C(O)C(O)C1OC(C(O)C(O)C(=C)CCC(O)C2CC(O)C(O)C(C(O)C(O)/C=C(\C)CCC(O)CC(O)C(O)C(C)CC(O)C(O)CCCC(O)CCCC(O)CCC/C(O)=C\CCC(O)/C=C/CC(O)CO)O2)CC(O)C1O. The van der Waals surface area contributed by atoms with Crippen LogP contribution in [0.4, 0.5) is 0 Å². The van der Waals surface area contributed by atoms with E-state index < -0.39 is 152 Å². The van der Waals surface area contributed by atoms with Crippen molar-refractivity contribution in [3.05, 3.63) is 109 Å². The molecule has 2 rings (SSSR count). The van der Waals surface area contributed by atoms with E-state index in [9.17, 15) is 107 Å². The molecule has 2 aliphatic heterocycles. The molecule has 0 aromatic heterocycles. The Kier molecular flexibility index (Phi) is 44.5. The number of hydrogen-bond acceptors (Lipinski definition) is 24. The van der Waals surface area contributed by atoms with E-state index in [4.69, 9.17) is 14.6 Å². The monoisotopic (exact) mass is 1340 g/mol. The van der Waals surface area contributed by atoms with Gasteiger partial charge in [-0.3, -0.25) is 0 Å². The standard InChI is InChI=1S/C70H120O24/c1-5-6-7-8-9-10-11-12-13-14-15-16-31-54(80)64(88)69-67(91)59(85)41-61(94-69)68(92)63(87)44(3)34-36-53(79)60-40-58(84)66(90)70(93-60)65(89)56(82)37-43(2)33-35-50(76)39-57(83)62(86)45(4)38-55(81)52(78)32-21-29-49(75)27-19-25-47(73)23-17-22-46(72)24-18-26-48(74)28-20-30-51(77)42-71/h5,8-13,16,20,24,28,31,37,45,47-92H,1,3,6-7,14-15,17-19,21-23,25-27,29-30,32-36,38-42H2,2,4H3/b9-8+,11-10+,13-12+,28-20+,31-16+,43-37+,46-24+. The van der Waals surface area contributed by atoms with Gasteiger partial charge in [0.15, 0.2) is 0 Å². The molecule has 0 aromatic rings. The molecule has 0 amide bonds. The minimum absolute atomic E-state index is 0.00180. The Bertz CT molecular complexity index is 2240. The molecule has 24 nitrogen and oxygen atoms in total. The zero-order valence-corrected chi connectivity index (χ0v) is 55.2. The first kappa shape index (κ1) is 86.6. The summed E-state index contributed by atoms with van der Waals surface area (Å²) in [6, 6.07) is 0. The zero-order chi connectivity index (χ0) is 70.5. The zero-order valence-electron chi connectivity index (χ0n) is 55.2. The molecule has 25 atom stereocenters. The smallest absolute Gasteiger partial charge is 0.115 e. The molecule has 0 aromatic carbocycles. The maximum Gasteiger partial charge on any atom is 0.115 e. The average Bonchev–Trinajstić information content (AvgIpc) is 0.824. The van der Waals surface area contributed by atoms with E-state index in [2.05, 4.69) is 13.2 Å². The topological polar surface area (TPSA) is 464 Å². The first-order valence-corrected chi connectivity index (χ1v) is 33.7. The molecule has 544 valence electrons. The summed E-state index contributed by atoms with van der Waals surface area (Å²) in [5.41, 5.74) is 0.468. The molecule has 2 aliphatic rings. The third kappa shape index (κ3) is 34.4. The summed E-state index contributed by atoms with van der Waals surface area (Å²) in [5, 5.41) is 233. The quantitative estimate of drug-likeness (QED) is 0.0178. The molecule has 2 heterocycles. The number of rotatable bonds is 50. The highest BCUT2D eigenvalue weighted by molar-refractivity contribution is 5.13. The second kappa shape index (κ2) is 48.3. The van der Waals surface area contributed by atoms with Crippen LogP contribution in [-0.4, -0.2) is 265 Å². The predicted molar refractivity (Wildman–Crippen MR) is 354 cm³/mol. The van der Waals surface area contributed by atoms with Crippen LogP contribution in [0.15, 0.2) is 109 Å². The van der Waals surface area contributed by atoms with Crippen LogP contribution in [0, 0.1) is 5.92 Å². The molecule has 0 spiro atoms. The second-order valence-corrected chi connectivity index (χ2v) is 25.9. The molecule has 24 heteroatoms. The second-order valence-electron chi connectivity index (χ2n) is 25.9. The summed E-state index contributed by atoms with van der Waals surface area (Å²) >= 11 is 0. The highest BCUT2D eigenvalue weighted by Gasteiger charge is 2.47. The van der Waals surface area contributed by atoms with Crippen molar-refractivity contribution in [3.8, 4) is 0 Å². The van der Waals surface area contributed by atoms with Gasteiger partial charge in [0.2, 0.25) is 0 Å². The highest BCUT2D eigenvalue weighted by atomic mass is 16.6. The van der Waals surface area contributed by atoms with Crippen LogP contribution in [0.25, 0.3) is 0 Å². The van der Waals surface area contributed by atoms with Crippen molar-refractivity contribution in [2.75, 3.05) is 6.61 Å². The summed E-state index contributed by atoms with van der Waals surface area (Å²) in [5.74, 6) is -0.549. The summed E-state index contributed by atoms with van der Waals surface area (Å²) < 4.78 is 11.6. The van der Waals surface area contributed by atoms with Crippen LogP contribution in [0.5, 0.6) is 0 Å². The lowest BCUT2D eigenvalue weighted by Gasteiger charge is -2.42. The molecular formula is C70H120O24. The molecule has 94 heavy (non-hydrogen) atoms. The van der Waals surface area contributed by atoms with Gasteiger partial charge in [-0.15, -0.1) is 6.58 Å². The van der Waals surface area contributed by atoms with Gasteiger partial charge in [0, 0.05) is 25.7 Å². The van der Waals surface area contributed by atoms with E-state index in [-0.39, 0.29) is 82.1 Å². The van der Waals surface area contributed by atoms with Gasteiger partial charge >= 0.3 is 0 Å². The lowest BCUT2D eigenvalue weighted by molar-refractivity contribution is -0.234. The lowest BCUT2D eigenvalue weighted by atomic mass is 9.87. The molecular weight excluding hydrogens is 1220 g/mol. The average molecular weight is 1350 g/mol. The van der Waals surface area contributed by atoms with Gasteiger partial charge in [-0.2, -0.15) is 0 Å². The number of aliphatic hydroxyl groups excluding tert-OH is 22. The number of unbranched alkanes of at least 4 members (excludes halogenated alkanes) is 2. The Balaban J connectivity index is 1.76. The minimum Gasteiger partial charge on any atom is -0.513 e. The van der Waals surface area contributed by atoms with E-state index in [1.54, 1.807) is 32.1 Å². The van der Waals surface area contributed by atoms with Crippen LogP contribution in [0.3, 0.4) is 0 Å². The number of aliphatic hydroxyl groups is 22. The van der Waals surface area contributed by atoms with Gasteiger partial charge in [0.25, 0.3) is 0 Å². The molecule has 0 saturated carbocycles. The van der Waals surface area contributed by atoms with Gasteiger partial charge in [-0.05, 0) is 153 Å². The fraction of sp³-hybridized carbons (Fsp3) is 0.743. The Morgan fingerprint density at radius 3 is 1.68 bits per heavy atom. The van der Waals surface area contributed by atoms with Crippen molar-refractivity contribution in [3.63, 3.8) is 0 Å². The number of hydrogen-bond donors (Lipinski definition) is 22. The Morgan fingerprint density at radius 1 is 0.521 bits per heavy atom. The number of allylic oxidation sites excluding steroid dienone is 11. The summed E-state index contributed by atoms with van der Waals surface area (Å²) in [7, 11) is 0. The van der Waals surface area contributed by atoms with E-state index in [1.165, 1.54) is 18.2 Å². The molecule has 0 radical (unpaired) electrons. The van der Waals surface area contributed by atoms with Gasteiger partial charge in [0.05, 0.1) is 97.8 Å². The van der Waals surface area contributed by atoms with Crippen LogP contribution in [0.1, 0.15) is 168 Å². The van der Waals surface area contributed by atoms with Crippen LogP contribution in [0.2, 0.25) is 0 Å². The van der Waals surface area contributed by atoms with Crippen molar-refractivity contribution >= 4 is 0 Å². The van der Waals surface area contributed by atoms with Crippen molar-refractivity contribution < 1.29 is 122 Å². The van der Waals surface area contributed by atoms with Gasteiger partial charge in [-0.1, -0.05) is 92.0 Å². The van der Waals surface area contributed by atoms with Gasteiger partial charge in [-0.25, -0.2) is 0 Å². The van der Waals surface area contributed by atoms with Crippen LogP contribution < -0.4 is 0 Å². The van der Waals surface area contributed by atoms with Crippen LogP contribution >= 0.6 is 0 Å².